The van der Waals surface area contributed by atoms with Crippen LogP contribution in [0.3, 0.4) is 0 Å². The van der Waals surface area contributed by atoms with E-state index in [0.717, 1.165) is 19.5 Å². The van der Waals surface area contributed by atoms with E-state index in [0.29, 0.717) is 12.1 Å². The minimum atomic E-state index is 0.693. The molecule has 5 heteroatoms. The maximum absolute atomic E-state index is 3.96. The molecule has 1 N–H and O–H groups in total. The predicted molar refractivity (Wildman–Crippen MR) is 72.4 cm³/mol. The second-order valence-corrected chi connectivity index (χ2v) is 5.38. The molecule has 5 nitrogen and oxygen atoms in total. The lowest BCUT2D eigenvalue weighted by molar-refractivity contribution is 0.161. The van der Waals surface area contributed by atoms with Crippen molar-refractivity contribution in [1.29, 1.82) is 0 Å². The summed E-state index contributed by atoms with van der Waals surface area (Å²) >= 11 is 0. The second-order valence-electron chi connectivity index (χ2n) is 5.38. The molecule has 102 valence electrons. The van der Waals surface area contributed by atoms with E-state index in [1.165, 1.54) is 25.9 Å². The number of hydrogen-bond donors (Lipinski definition) is 1. The smallest absolute Gasteiger partial charge is 0.0692 e. The molecule has 2 rings (SSSR count). The second kappa shape index (κ2) is 6.85. The van der Waals surface area contributed by atoms with E-state index in [2.05, 4.69) is 34.4 Å². The van der Waals surface area contributed by atoms with Crippen molar-refractivity contribution >= 4 is 0 Å². The number of aromatic nitrogens is 3. The average molecular weight is 251 g/mol. The normalized spacial score (nSPS) is 18.6. The van der Waals surface area contributed by atoms with Crippen molar-refractivity contribution in [2.24, 2.45) is 0 Å². The molecule has 0 aromatic carbocycles. The third-order valence-corrected chi connectivity index (χ3v) is 3.73. The Hall–Kier alpha value is -0.940. The van der Waals surface area contributed by atoms with Crippen LogP contribution in [-0.4, -0.2) is 51.6 Å². The molecule has 1 aromatic rings. The Morgan fingerprint density at radius 2 is 2.11 bits per heavy atom. The van der Waals surface area contributed by atoms with Crippen molar-refractivity contribution in [2.75, 3.05) is 19.6 Å². The topological polar surface area (TPSA) is 46.0 Å². The Morgan fingerprint density at radius 1 is 1.33 bits per heavy atom. The molecule has 0 atom stereocenters. The van der Waals surface area contributed by atoms with Gasteiger partial charge >= 0.3 is 0 Å². The van der Waals surface area contributed by atoms with Gasteiger partial charge in [-0.2, -0.15) is 0 Å². The molecule has 1 fully saturated rings. The number of aryl methyl sites for hydroxylation is 1. The van der Waals surface area contributed by atoms with Gasteiger partial charge in [0.25, 0.3) is 0 Å². The van der Waals surface area contributed by atoms with E-state index in [1.807, 2.05) is 10.9 Å². The number of rotatable bonds is 6. The average Bonchev–Trinajstić information content (AvgIpc) is 2.88. The minimum Gasteiger partial charge on any atom is -0.314 e. The Labute approximate surface area is 110 Å². The van der Waals surface area contributed by atoms with E-state index in [-0.39, 0.29) is 0 Å². The fourth-order valence-electron chi connectivity index (χ4n) is 2.52. The first-order valence-electron chi connectivity index (χ1n) is 7.07. The minimum absolute atomic E-state index is 0.693. The van der Waals surface area contributed by atoms with Gasteiger partial charge in [-0.05, 0) is 52.7 Å². The fraction of sp³-hybridized carbons (Fsp3) is 0.846. The van der Waals surface area contributed by atoms with Crippen LogP contribution in [0, 0.1) is 0 Å². The van der Waals surface area contributed by atoms with Gasteiger partial charge in [-0.1, -0.05) is 5.21 Å². The first-order chi connectivity index (χ1) is 8.75. The summed E-state index contributed by atoms with van der Waals surface area (Å²) in [4.78, 5) is 2.56. The van der Waals surface area contributed by atoms with Crippen molar-refractivity contribution in [3.8, 4) is 0 Å². The fourth-order valence-corrected chi connectivity index (χ4v) is 2.52. The molecule has 1 aliphatic heterocycles. The lowest BCUT2D eigenvalue weighted by Gasteiger charge is -2.35. The van der Waals surface area contributed by atoms with Gasteiger partial charge in [-0.25, -0.2) is 0 Å². The molecule has 1 saturated heterocycles. The molecule has 1 aliphatic rings. The summed E-state index contributed by atoms with van der Waals surface area (Å²) in [5.41, 5.74) is 0. The van der Waals surface area contributed by atoms with Crippen LogP contribution in [0.1, 0.15) is 33.1 Å². The number of hydrogen-bond acceptors (Lipinski definition) is 4. The largest absolute Gasteiger partial charge is 0.314 e. The summed E-state index contributed by atoms with van der Waals surface area (Å²) in [5.74, 6) is 0. The summed E-state index contributed by atoms with van der Waals surface area (Å²) in [6.45, 7) is 9.07. The summed E-state index contributed by atoms with van der Waals surface area (Å²) in [5, 5.41) is 11.4. The molecule has 1 aromatic heterocycles. The van der Waals surface area contributed by atoms with Crippen LogP contribution in [0.4, 0.5) is 0 Å². The Balaban J connectivity index is 1.55. The van der Waals surface area contributed by atoms with Gasteiger partial charge in [0.2, 0.25) is 0 Å². The summed E-state index contributed by atoms with van der Waals surface area (Å²) in [6.07, 6.45) is 7.33. The summed E-state index contributed by atoms with van der Waals surface area (Å²) in [7, 11) is 0. The van der Waals surface area contributed by atoms with E-state index in [1.54, 1.807) is 6.20 Å². The van der Waals surface area contributed by atoms with Crippen molar-refractivity contribution in [2.45, 2.75) is 51.7 Å². The first-order valence-corrected chi connectivity index (χ1v) is 7.07. The van der Waals surface area contributed by atoms with Crippen LogP contribution in [0.5, 0.6) is 0 Å². The van der Waals surface area contributed by atoms with Gasteiger partial charge in [0, 0.05) is 24.8 Å². The highest BCUT2D eigenvalue weighted by molar-refractivity contribution is 4.78. The van der Waals surface area contributed by atoms with Crippen LogP contribution in [0.15, 0.2) is 12.4 Å². The van der Waals surface area contributed by atoms with Crippen molar-refractivity contribution < 1.29 is 0 Å². The zero-order chi connectivity index (χ0) is 12.8. The standard InChI is InChI=1S/C13H25N5/c1-12(2)17-9-4-13(5-10-17)14-6-3-8-18-11-7-15-16-18/h7,11-14H,3-6,8-10H2,1-2H3. The molecule has 0 saturated carbocycles. The van der Waals surface area contributed by atoms with Crippen LogP contribution in [-0.2, 0) is 6.54 Å². The number of nitrogens with one attached hydrogen (secondary N) is 1. The zero-order valence-electron chi connectivity index (χ0n) is 11.5. The van der Waals surface area contributed by atoms with E-state index in [4.69, 9.17) is 0 Å². The van der Waals surface area contributed by atoms with Gasteiger partial charge in [-0.15, -0.1) is 5.10 Å². The highest BCUT2D eigenvalue weighted by atomic mass is 15.4. The Bertz CT molecular complexity index is 314. The Morgan fingerprint density at radius 3 is 2.72 bits per heavy atom. The molecule has 2 heterocycles. The SMILES string of the molecule is CC(C)N1CCC(NCCCn2ccnn2)CC1. The highest BCUT2D eigenvalue weighted by Crippen LogP contribution is 2.12. The van der Waals surface area contributed by atoms with Gasteiger partial charge in [0.15, 0.2) is 0 Å². The third kappa shape index (κ3) is 4.07. The van der Waals surface area contributed by atoms with Gasteiger partial charge in [0.1, 0.15) is 0 Å². The summed E-state index contributed by atoms with van der Waals surface area (Å²) < 4.78 is 1.89. The third-order valence-electron chi connectivity index (χ3n) is 3.73. The Kier molecular flexibility index (Phi) is 5.13. The molecule has 0 amide bonds. The van der Waals surface area contributed by atoms with Crippen LogP contribution < -0.4 is 5.32 Å². The molecular weight excluding hydrogens is 226 g/mol. The molecule has 0 spiro atoms. The quantitative estimate of drug-likeness (QED) is 0.770. The van der Waals surface area contributed by atoms with Crippen LogP contribution >= 0.6 is 0 Å². The molecule has 0 unspecified atom stereocenters. The monoisotopic (exact) mass is 251 g/mol. The lowest BCUT2D eigenvalue weighted by atomic mass is 10.0. The number of piperidine rings is 1. The van der Waals surface area contributed by atoms with E-state index >= 15 is 0 Å². The zero-order valence-corrected chi connectivity index (χ0v) is 11.5. The number of likely N-dealkylation sites (tertiary alicyclic amines) is 1. The van der Waals surface area contributed by atoms with Crippen LogP contribution in [0.25, 0.3) is 0 Å². The highest BCUT2D eigenvalue weighted by Gasteiger charge is 2.19. The molecular formula is C13H25N5. The number of nitrogens with zero attached hydrogens (tertiary/aromatic N) is 4. The maximum atomic E-state index is 3.96. The first kappa shape index (κ1) is 13.5. The lowest BCUT2D eigenvalue weighted by Crippen LogP contribution is -2.45. The van der Waals surface area contributed by atoms with Gasteiger partial charge in [-0.3, -0.25) is 4.68 Å². The van der Waals surface area contributed by atoms with Crippen LogP contribution in [0.2, 0.25) is 0 Å². The maximum Gasteiger partial charge on any atom is 0.0692 e. The van der Waals surface area contributed by atoms with E-state index in [9.17, 15) is 0 Å². The van der Waals surface area contributed by atoms with E-state index < -0.39 is 0 Å². The molecule has 18 heavy (non-hydrogen) atoms. The summed E-state index contributed by atoms with van der Waals surface area (Å²) in [6, 6.07) is 1.40. The van der Waals surface area contributed by atoms with Crippen molar-refractivity contribution in [1.82, 2.24) is 25.2 Å². The van der Waals surface area contributed by atoms with Crippen molar-refractivity contribution in [3.05, 3.63) is 12.4 Å². The molecule has 0 bridgehead atoms. The molecule has 0 aliphatic carbocycles. The van der Waals surface area contributed by atoms with Gasteiger partial charge < -0.3 is 10.2 Å². The van der Waals surface area contributed by atoms with Crippen molar-refractivity contribution in [3.63, 3.8) is 0 Å². The molecule has 0 radical (unpaired) electrons. The predicted octanol–water partition coefficient (Wildman–Crippen LogP) is 1.13. The van der Waals surface area contributed by atoms with Gasteiger partial charge in [0.05, 0.1) is 6.20 Å².